The molecule has 0 saturated heterocycles. The van der Waals surface area contributed by atoms with Crippen molar-refractivity contribution in [1.29, 1.82) is 0 Å². The number of hydrogen-bond donors (Lipinski definition) is 1. The van der Waals surface area contributed by atoms with Crippen molar-refractivity contribution < 1.29 is 9.18 Å². The molecule has 1 N–H and O–H groups in total. The highest BCUT2D eigenvalue weighted by atomic mass is 19.1. The van der Waals surface area contributed by atoms with E-state index in [1.807, 2.05) is 14.0 Å². The van der Waals surface area contributed by atoms with Crippen molar-refractivity contribution in [3.8, 4) is 0 Å². The predicted molar refractivity (Wildman–Crippen MR) is 81.9 cm³/mol. The van der Waals surface area contributed by atoms with Gasteiger partial charge in [0.1, 0.15) is 11.6 Å². The number of pyridine rings is 1. The van der Waals surface area contributed by atoms with Crippen LogP contribution in [0.1, 0.15) is 49.9 Å². The number of rotatable bonds is 4. The highest BCUT2D eigenvalue weighted by molar-refractivity contribution is 5.98. The maximum absolute atomic E-state index is 13.5. The Morgan fingerprint density at radius 2 is 2.29 bits per heavy atom. The van der Waals surface area contributed by atoms with Gasteiger partial charge in [0.05, 0.1) is 11.8 Å². The van der Waals surface area contributed by atoms with Crippen molar-refractivity contribution in [2.75, 3.05) is 18.9 Å². The van der Waals surface area contributed by atoms with Crippen LogP contribution in [-0.2, 0) is 0 Å². The van der Waals surface area contributed by atoms with Crippen LogP contribution in [-0.4, -0.2) is 35.4 Å². The van der Waals surface area contributed by atoms with Gasteiger partial charge in [0.15, 0.2) is 0 Å². The molecule has 1 aromatic rings. The number of carbonyl (C=O) groups excluding carboxylic acids is 1. The number of nitrogens with one attached hydrogen (secondary N) is 1. The van der Waals surface area contributed by atoms with E-state index in [9.17, 15) is 9.18 Å². The van der Waals surface area contributed by atoms with Crippen molar-refractivity contribution in [2.45, 2.75) is 45.6 Å². The van der Waals surface area contributed by atoms with E-state index in [-0.39, 0.29) is 11.9 Å². The fraction of sp³-hybridized carbons (Fsp3) is 0.625. The Balaban J connectivity index is 2.20. The minimum Gasteiger partial charge on any atom is -0.370 e. The number of halogens is 1. The largest absolute Gasteiger partial charge is 0.370 e. The van der Waals surface area contributed by atoms with Gasteiger partial charge in [-0.15, -0.1) is 0 Å². The summed E-state index contributed by atoms with van der Waals surface area (Å²) in [6, 6.07) is 1.51. The lowest BCUT2D eigenvalue weighted by molar-refractivity contribution is 0.0672. The van der Waals surface area contributed by atoms with Crippen LogP contribution in [0, 0.1) is 11.7 Å². The number of nitrogens with zero attached hydrogens (tertiary/aromatic N) is 2. The summed E-state index contributed by atoms with van der Waals surface area (Å²) in [6.45, 7) is 4.78. The molecule has 1 aromatic heterocycles. The van der Waals surface area contributed by atoms with Crippen molar-refractivity contribution in [3.63, 3.8) is 0 Å². The minimum absolute atomic E-state index is 0.156. The SMILES string of the molecule is CCNc1ncc(F)cc1C(=O)N(C)C1CCCC(C)C1. The zero-order valence-electron chi connectivity index (χ0n) is 13.0. The van der Waals surface area contributed by atoms with Crippen LogP contribution in [0.3, 0.4) is 0 Å². The molecule has 1 fully saturated rings. The standard InChI is InChI=1S/C16H24FN3O/c1-4-18-15-14(9-12(17)10-19-15)16(21)20(3)13-7-5-6-11(2)8-13/h9-11,13H,4-8H2,1-3H3,(H,18,19). The van der Waals surface area contributed by atoms with Gasteiger partial charge in [0.2, 0.25) is 0 Å². The third-order valence-electron chi connectivity index (χ3n) is 4.21. The Morgan fingerprint density at radius 3 is 2.95 bits per heavy atom. The number of hydrogen-bond acceptors (Lipinski definition) is 3. The molecule has 4 nitrogen and oxygen atoms in total. The first-order chi connectivity index (χ1) is 10.0. The Bertz CT molecular complexity index is 506. The number of carbonyl (C=O) groups is 1. The summed E-state index contributed by atoms with van der Waals surface area (Å²) in [7, 11) is 1.81. The highest BCUT2D eigenvalue weighted by Gasteiger charge is 2.27. The van der Waals surface area contributed by atoms with Gasteiger partial charge in [-0.25, -0.2) is 9.37 Å². The molecule has 21 heavy (non-hydrogen) atoms. The first kappa shape index (κ1) is 15.7. The molecule has 2 atom stereocenters. The average Bonchev–Trinajstić information content (AvgIpc) is 2.48. The molecule has 0 spiro atoms. The van der Waals surface area contributed by atoms with Crippen molar-refractivity contribution >= 4 is 11.7 Å². The maximum Gasteiger partial charge on any atom is 0.257 e. The number of anilines is 1. The summed E-state index contributed by atoms with van der Waals surface area (Å²) in [5.74, 6) is 0.458. The van der Waals surface area contributed by atoms with Gasteiger partial charge in [0, 0.05) is 19.6 Å². The molecule has 0 bridgehead atoms. The molecule has 0 aliphatic heterocycles. The van der Waals surface area contributed by atoms with Crippen molar-refractivity contribution in [2.24, 2.45) is 5.92 Å². The van der Waals surface area contributed by atoms with Crippen LogP contribution in [0.25, 0.3) is 0 Å². The maximum atomic E-state index is 13.5. The molecular formula is C16H24FN3O. The summed E-state index contributed by atoms with van der Waals surface area (Å²) in [6.07, 6.45) is 5.54. The Hall–Kier alpha value is -1.65. The lowest BCUT2D eigenvalue weighted by Gasteiger charge is -2.34. The molecule has 0 aromatic carbocycles. The second-order valence-electron chi connectivity index (χ2n) is 5.92. The number of aromatic nitrogens is 1. The van der Waals surface area contributed by atoms with E-state index in [4.69, 9.17) is 0 Å². The van der Waals surface area contributed by atoms with Crippen LogP contribution in [0.2, 0.25) is 0 Å². The third-order valence-corrected chi connectivity index (χ3v) is 4.21. The van der Waals surface area contributed by atoms with Gasteiger partial charge in [-0.1, -0.05) is 19.8 Å². The van der Waals surface area contributed by atoms with Crippen LogP contribution < -0.4 is 5.32 Å². The summed E-state index contributed by atoms with van der Waals surface area (Å²) in [5, 5.41) is 3.03. The van der Waals surface area contributed by atoms with Gasteiger partial charge in [0.25, 0.3) is 5.91 Å². The Kier molecular flexibility index (Phi) is 5.15. The van der Waals surface area contributed by atoms with Gasteiger partial charge in [-0.2, -0.15) is 0 Å². The molecular weight excluding hydrogens is 269 g/mol. The summed E-state index contributed by atoms with van der Waals surface area (Å²) in [4.78, 5) is 18.4. The van der Waals surface area contributed by atoms with Gasteiger partial charge in [-0.3, -0.25) is 4.79 Å². The monoisotopic (exact) mass is 293 g/mol. The van der Waals surface area contributed by atoms with Crippen molar-refractivity contribution in [1.82, 2.24) is 9.88 Å². The molecule has 116 valence electrons. The Labute approximate surface area is 125 Å². The molecule has 0 radical (unpaired) electrons. The fourth-order valence-electron chi connectivity index (χ4n) is 3.02. The molecule has 1 saturated carbocycles. The predicted octanol–water partition coefficient (Wildman–Crippen LogP) is 3.30. The zero-order valence-corrected chi connectivity index (χ0v) is 13.0. The van der Waals surface area contributed by atoms with Crippen molar-refractivity contribution in [3.05, 3.63) is 23.6 Å². The smallest absolute Gasteiger partial charge is 0.257 e. The molecule has 5 heteroatoms. The molecule has 1 heterocycles. The summed E-state index contributed by atoms with van der Waals surface area (Å²) in [5.41, 5.74) is 0.317. The van der Waals surface area contributed by atoms with Gasteiger partial charge >= 0.3 is 0 Å². The van der Waals surface area contributed by atoms with Gasteiger partial charge < -0.3 is 10.2 Å². The average molecular weight is 293 g/mol. The first-order valence-electron chi connectivity index (χ1n) is 7.69. The van der Waals surface area contributed by atoms with Crippen LogP contribution in [0.4, 0.5) is 10.2 Å². The summed E-state index contributed by atoms with van der Waals surface area (Å²) < 4.78 is 13.5. The van der Waals surface area contributed by atoms with E-state index in [1.165, 1.54) is 12.5 Å². The minimum atomic E-state index is -0.481. The lowest BCUT2D eigenvalue weighted by atomic mass is 9.86. The second kappa shape index (κ2) is 6.87. The van der Waals surface area contributed by atoms with E-state index in [0.717, 1.165) is 25.5 Å². The number of amides is 1. The third kappa shape index (κ3) is 3.71. The van der Waals surface area contributed by atoms with Crippen LogP contribution in [0.5, 0.6) is 0 Å². The zero-order chi connectivity index (χ0) is 15.4. The molecule has 1 aliphatic rings. The molecule has 2 rings (SSSR count). The van der Waals surface area contributed by atoms with E-state index in [0.29, 0.717) is 23.8 Å². The lowest BCUT2D eigenvalue weighted by Crippen LogP contribution is -2.40. The topological polar surface area (TPSA) is 45.2 Å². The molecule has 1 aliphatic carbocycles. The normalized spacial score (nSPS) is 21.9. The van der Waals surface area contributed by atoms with E-state index in [2.05, 4.69) is 17.2 Å². The van der Waals surface area contributed by atoms with E-state index < -0.39 is 5.82 Å². The second-order valence-corrected chi connectivity index (χ2v) is 5.92. The van der Waals surface area contributed by atoms with Gasteiger partial charge in [-0.05, 0) is 31.7 Å². The summed E-state index contributed by atoms with van der Waals surface area (Å²) >= 11 is 0. The Morgan fingerprint density at radius 1 is 1.52 bits per heavy atom. The highest BCUT2D eigenvalue weighted by Crippen LogP contribution is 2.28. The first-order valence-corrected chi connectivity index (χ1v) is 7.69. The molecule has 2 unspecified atom stereocenters. The van der Waals surface area contributed by atoms with E-state index >= 15 is 0 Å². The van der Waals surface area contributed by atoms with E-state index in [1.54, 1.807) is 4.90 Å². The fourth-order valence-corrected chi connectivity index (χ4v) is 3.02. The quantitative estimate of drug-likeness (QED) is 0.926. The molecule has 1 amide bonds. The van der Waals surface area contributed by atoms with Crippen LogP contribution in [0.15, 0.2) is 12.3 Å². The van der Waals surface area contributed by atoms with Crippen LogP contribution >= 0.6 is 0 Å².